The quantitative estimate of drug-likeness (QED) is 0.166. The third-order valence-electron chi connectivity index (χ3n) is 8.96. The van der Waals surface area contributed by atoms with Crippen molar-refractivity contribution in [2.45, 2.75) is 52.3 Å². The van der Waals surface area contributed by atoms with E-state index in [0.717, 1.165) is 74.6 Å². The number of piperidine rings is 1. The van der Waals surface area contributed by atoms with Crippen molar-refractivity contribution in [3.63, 3.8) is 0 Å². The van der Waals surface area contributed by atoms with Crippen LogP contribution in [0.4, 0.5) is 19.0 Å². The fraction of sp³-hybridized carbons (Fsp3) is 0.429. The van der Waals surface area contributed by atoms with Gasteiger partial charge in [-0.2, -0.15) is 13.2 Å². The summed E-state index contributed by atoms with van der Waals surface area (Å²) in [5.74, 6) is 3.54. The average molecular weight is 603 g/mol. The van der Waals surface area contributed by atoms with Crippen LogP contribution in [0.3, 0.4) is 0 Å². The van der Waals surface area contributed by atoms with E-state index >= 15 is 0 Å². The molecule has 1 spiro atoms. The number of halogens is 3. The largest absolute Gasteiger partial charge is 0.393 e. The zero-order chi connectivity index (χ0) is 31.5. The van der Waals surface area contributed by atoms with Crippen molar-refractivity contribution in [3.05, 3.63) is 83.5 Å². The van der Waals surface area contributed by atoms with E-state index in [-0.39, 0.29) is 11.0 Å². The summed E-state index contributed by atoms with van der Waals surface area (Å²) in [6.45, 7) is 14.1. The van der Waals surface area contributed by atoms with Gasteiger partial charge in [0.25, 0.3) is 0 Å². The molecule has 2 aliphatic rings. The first-order chi connectivity index (χ1) is 21.0. The van der Waals surface area contributed by atoms with Gasteiger partial charge in [-0.25, -0.2) is 9.97 Å². The molecule has 0 unspecified atom stereocenters. The summed E-state index contributed by atoms with van der Waals surface area (Å²) < 4.78 is 41.2. The van der Waals surface area contributed by atoms with E-state index in [9.17, 15) is 13.2 Å². The van der Waals surface area contributed by atoms with Gasteiger partial charge in [-0.3, -0.25) is 4.90 Å². The Morgan fingerprint density at radius 1 is 1.16 bits per heavy atom. The molecule has 2 N–H and O–H groups in total. The first-order valence-corrected chi connectivity index (χ1v) is 15.2. The second kappa shape index (κ2) is 13.0. The minimum absolute atomic E-state index is 0.196. The highest BCUT2D eigenvalue weighted by Gasteiger charge is 2.45. The standard InChI is InChI=1S/C35H41F3N6/c1-5-7-28(26(4)29-17-30(6-2)43(21-29)19-25(3)10-13-39)20-42-14-11-34(12-15-42)22-44(23-34)33-31-16-27(18-35(36,37)38)8-9-32(31)40-24-41-33/h2,5,7-9,16-17,21,24H,3,10-15,18-20,22-23,39H2,1,4H3/b7-5-,28-26+. The molecule has 2 fully saturated rings. The third-order valence-corrected chi connectivity index (χ3v) is 8.96. The molecule has 0 bridgehead atoms. The van der Waals surface area contributed by atoms with Crippen molar-refractivity contribution in [2.24, 2.45) is 11.1 Å². The first kappa shape index (κ1) is 31.6. The monoisotopic (exact) mass is 602 g/mol. The Morgan fingerprint density at radius 3 is 2.57 bits per heavy atom. The molecule has 4 heterocycles. The molecule has 0 atom stereocenters. The molecule has 9 heteroatoms. The molecule has 0 saturated carbocycles. The Bertz CT molecular complexity index is 1610. The summed E-state index contributed by atoms with van der Waals surface area (Å²) in [6, 6.07) is 6.84. The average Bonchev–Trinajstić information content (AvgIpc) is 3.37. The highest BCUT2D eigenvalue weighted by Crippen LogP contribution is 2.44. The van der Waals surface area contributed by atoms with Crippen LogP contribution >= 0.6 is 0 Å². The fourth-order valence-electron chi connectivity index (χ4n) is 6.51. The topological polar surface area (TPSA) is 63.2 Å². The van der Waals surface area contributed by atoms with E-state index in [1.165, 1.54) is 23.5 Å². The zero-order valence-electron chi connectivity index (χ0n) is 25.6. The molecule has 0 radical (unpaired) electrons. The van der Waals surface area contributed by atoms with Crippen LogP contribution in [0.5, 0.6) is 0 Å². The number of aromatic nitrogens is 3. The SMILES string of the molecule is C#Cc1cc(/C(C)=C(\C=C/C)CN2CCC3(CC2)CN(c2ncnc4ccc(CC(F)(F)F)cc24)C3)cn1CC(=C)CCN. The van der Waals surface area contributed by atoms with Crippen LogP contribution in [0, 0.1) is 17.8 Å². The number of hydrogen-bond acceptors (Lipinski definition) is 5. The highest BCUT2D eigenvalue weighted by atomic mass is 19.4. The molecule has 2 aliphatic heterocycles. The number of likely N-dealkylation sites (tertiary alicyclic amines) is 1. The molecular weight excluding hydrogens is 561 g/mol. The van der Waals surface area contributed by atoms with Crippen LogP contribution in [0.1, 0.15) is 49.9 Å². The molecule has 5 rings (SSSR count). The first-order valence-electron chi connectivity index (χ1n) is 15.2. The molecular formula is C35H41F3N6. The van der Waals surface area contributed by atoms with E-state index in [0.29, 0.717) is 24.0 Å². The minimum Gasteiger partial charge on any atom is -0.355 e. The summed E-state index contributed by atoms with van der Waals surface area (Å²) >= 11 is 0. The molecule has 2 aromatic heterocycles. The van der Waals surface area contributed by atoms with Crippen molar-refractivity contribution in [3.8, 4) is 12.3 Å². The van der Waals surface area contributed by atoms with Crippen molar-refractivity contribution in [1.82, 2.24) is 19.4 Å². The number of anilines is 1. The number of terminal acetylenes is 1. The fourth-order valence-corrected chi connectivity index (χ4v) is 6.51. The van der Waals surface area contributed by atoms with Gasteiger partial charge in [-0.05, 0) is 93.2 Å². The summed E-state index contributed by atoms with van der Waals surface area (Å²) in [5.41, 5.74) is 12.3. The van der Waals surface area contributed by atoms with Crippen LogP contribution in [-0.4, -0.2) is 64.9 Å². The predicted octanol–water partition coefficient (Wildman–Crippen LogP) is 6.37. The second-order valence-electron chi connectivity index (χ2n) is 12.3. The van der Waals surface area contributed by atoms with E-state index in [4.69, 9.17) is 12.2 Å². The van der Waals surface area contributed by atoms with Gasteiger partial charge in [0.15, 0.2) is 0 Å². The Hall–Kier alpha value is -3.87. The predicted molar refractivity (Wildman–Crippen MR) is 172 cm³/mol. The normalized spacial score (nSPS) is 17.6. The van der Waals surface area contributed by atoms with Gasteiger partial charge in [-0.1, -0.05) is 36.3 Å². The lowest BCUT2D eigenvalue weighted by molar-refractivity contribution is -0.127. The van der Waals surface area contributed by atoms with E-state index in [2.05, 4.69) is 68.2 Å². The van der Waals surface area contributed by atoms with Crippen LogP contribution in [-0.2, 0) is 13.0 Å². The maximum Gasteiger partial charge on any atom is 0.393 e. The van der Waals surface area contributed by atoms with Crippen LogP contribution in [0.15, 0.2) is 66.7 Å². The summed E-state index contributed by atoms with van der Waals surface area (Å²) in [7, 11) is 0. The Kier molecular flexibility index (Phi) is 9.33. The number of nitrogens with zero attached hydrogens (tertiary/aromatic N) is 5. The summed E-state index contributed by atoms with van der Waals surface area (Å²) in [4.78, 5) is 13.5. The van der Waals surface area contributed by atoms with Crippen LogP contribution < -0.4 is 10.6 Å². The van der Waals surface area contributed by atoms with Crippen molar-refractivity contribution in [1.29, 1.82) is 0 Å². The number of fused-ring (bicyclic) bond motifs is 1. The number of nitrogens with two attached hydrogens (primary N) is 1. The maximum atomic E-state index is 13.0. The Morgan fingerprint density at radius 2 is 1.91 bits per heavy atom. The van der Waals surface area contributed by atoms with Crippen LogP contribution in [0.2, 0.25) is 0 Å². The van der Waals surface area contributed by atoms with Crippen molar-refractivity contribution in [2.75, 3.05) is 44.2 Å². The minimum atomic E-state index is -4.26. The van der Waals surface area contributed by atoms with E-state index in [1.54, 1.807) is 12.1 Å². The molecule has 3 aromatic rings. The van der Waals surface area contributed by atoms with E-state index < -0.39 is 12.6 Å². The van der Waals surface area contributed by atoms with Gasteiger partial charge in [-0.15, -0.1) is 6.42 Å². The molecule has 232 valence electrons. The summed E-state index contributed by atoms with van der Waals surface area (Å²) in [6.07, 6.45) is 11.4. The summed E-state index contributed by atoms with van der Waals surface area (Å²) in [5, 5.41) is 0.684. The number of benzene rings is 1. The van der Waals surface area contributed by atoms with Gasteiger partial charge in [0.1, 0.15) is 12.1 Å². The van der Waals surface area contributed by atoms with Gasteiger partial charge in [0, 0.05) is 43.2 Å². The highest BCUT2D eigenvalue weighted by molar-refractivity contribution is 5.90. The molecule has 2 saturated heterocycles. The second-order valence-corrected chi connectivity index (χ2v) is 12.3. The van der Waals surface area contributed by atoms with Gasteiger partial charge in [0.05, 0.1) is 17.6 Å². The molecule has 6 nitrogen and oxygen atoms in total. The Labute approximate surface area is 258 Å². The number of alkyl halides is 3. The lowest BCUT2D eigenvalue weighted by atomic mass is 9.72. The van der Waals surface area contributed by atoms with Crippen molar-refractivity contribution < 1.29 is 13.2 Å². The lowest BCUT2D eigenvalue weighted by Crippen LogP contribution is -2.60. The van der Waals surface area contributed by atoms with Crippen LogP contribution in [0.25, 0.3) is 16.5 Å². The number of allylic oxidation sites excluding steroid dienone is 2. The smallest absolute Gasteiger partial charge is 0.355 e. The Balaban J connectivity index is 1.24. The maximum absolute atomic E-state index is 13.0. The molecule has 1 aromatic carbocycles. The zero-order valence-corrected chi connectivity index (χ0v) is 25.6. The number of rotatable bonds is 10. The molecule has 0 aliphatic carbocycles. The van der Waals surface area contributed by atoms with Gasteiger partial charge >= 0.3 is 6.18 Å². The van der Waals surface area contributed by atoms with Gasteiger partial charge in [0.2, 0.25) is 0 Å². The van der Waals surface area contributed by atoms with Gasteiger partial charge < -0.3 is 15.2 Å². The molecule has 44 heavy (non-hydrogen) atoms. The lowest BCUT2D eigenvalue weighted by Gasteiger charge is -2.54. The number of hydrogen-bond donors (Lipinski definition) is 1. The third kappa shape index (κ3) is 7.09. The van der Waals surface area contributed by atoms with Crippen molar-refractivity contribution >= 4 is 22.3 Å². The molecule has 0 amide bonds. The van der Waals surface area contributed by atoms with E-state index in [1.807, 2.05) is 6.92 Å².